The first-order valence-electron chi connectivity index (χ1n) is 6.13. The van der Waals surface area contributed by atoms with Crippen molar-refractivity contribution in [1.82, 2.24) is 28.5 Å². The highest BCUT2D eigenvalue weighted by Gasteiger charge is 2.09. The highest BCUT2D eigenvalue weighted by Crippen LogP contribution is 2.05. The van der Waals surface area contributed by atoms with Crippen molar-refractivity contribution < 1.29 is 0 Å². The minimum atomic E-state index is -0.195. The molecule has 20 heavy (non-hydrogen) atoms. The molecule has 0 atom stereocenters. The number of aromatic nitrogens is 6. The molecule has 0 aromatic carbocycles. The fraction of sp³-hybridized carbons (Fsp3) is 0.0769. The lowest BCUT2D eigenvalue weighted by atomic mass is 10.5. The van der Waals surface area contributed by atoms with Crippen LogP contribution in [0.3, 0.4) is 0 Å². The van der Waals surface area contributed by atoms with Crippen LogP contribution in [0.5, 0.6) is 0 Å². The van der Waals surface area contributed by atoms with Crippen molar-refractivity contribution in [3.05, 3.63) is 65.4 Å². The minimum absolute atomic E-state index is 0.195. The van der Waals surface area contributed by atoms with Crippen molar-refractivity contribution in [1.29, 1.82) is 0 Å². The highest BCUT2D eigenvalue weighted by atomic mass is 16.2. The number of nitrogens with zero attached hydrogens (tertiary/aromatic N) is 6. The lowest BCUT2D eigenvalue weighted by Gasteiger charge is -1.93. The summed E-state index contributed by atoms with van der Waals surface area (Å²) in [6.45, 7) is 0.336. The summed E-state index contributed by atoms with van der Waals surface area (Å²) in [6, 6.07) is 5.77. The van der Waals surface area contributed by atoms with Crippen LogP contribution in [0.4, 0.5) is 0 Å². The van der Waals surface area contributed by atoms with Crippen LogP contribution in [0.2, 0.25) is 0 Å². The second-order valence-corrected chi connectivity index (χ2v) is 4.44. The van der Waals surface area contributed by atoms with Gasteiger partial charge in [-0.1, -0.05) is 6.07 Å². The Morgan fingerprint density at radius 3 is 2.95 bits per heavy atom. The van der Waals surface area contributed by atoms with Gasteiger partial charge in [-0.15, -0.1) is 5.10 Å². The van der Waals surface area contributed by atoms with Crippen LogP contribution in [0, 0.1) is 0 Å². The average molecular weight is 266 g/mol. The largest absolute Gasteiger partial charge is 0.350 e. The number of hydrogen-bond donors (Lipinski definition) is 0. The predicted molar refractivity (Wildman–Crippen MR) is 71.5 cm³/mol. The minimum Gasteiger partial charge on any atom is -0.307 e. The fourth-order valence-electron chi connectivity index (χ4n) is 2.20. The molecule has 0 aliphatic carbocycles. The number of imidazole rings is 1. The quantitative estimate of drug-likeness (QED) is 0.532. The molecule has 0 spiro atoms. The molecule has 0 unspecified atom stereocenters. The first-order valence-corrected chi connectivity index (χ1v) is 6.13. The van der Waals surface area contributed by atoms with Crippen molar-refractivity contribution in [3.63, 3.8) is 0 Å². The van der Waals surface area contributed by atoms with Crippen molar-refractivity contribution in [3.8, 4) is 0 Å². The van der Waals surface area contributed by atoms with Crippen LogP contribution >= 0.6 is 0 Å². The Morgan fingerprint density at radius 2 is 2.10 bits per heavy atom. The van der Waals surface area contributed by atoms with Gasteiger partial charge in [0.25, 0.3) is 0 Å². The molecule has 7 heteroatoms. The van der Waals surface area contributed by atoms with Gasteiger partial charge in [0.2, 0.25) is 0 Å². The van der Waals surface area contributed by atoms with Gasteiger partial charge in [0.15, 0.2) is 5.65 Å². The summed E-state index contributed by atoms with van der Waals surface area (Å²) in [4.78, 5) is 20.6. The van der Waals surface area contributed by atoms with Gasteiger partial charge < -0.3 is 4.40 Å². The van der Waals surface area contributed by atoms with Crippen LogP contribution in [0.15, 0.2) is 54.0 Å². The molecule has 4 aromatic rings. The molecule has 0 fully saturated rings. The maximum Gasteiger partial charge on any atom is 0.350 e. The van der Waals surface area contributed by atoms with E-state index < -0.39 is 0 Å². The number of pyridine rings is 1. The summed E-state index contributed by atoms with van der Waals surface area (Å²) < 4.78 is 4.76. The zero-order chi connectivity index (χ0) is 13.5. The van der Waals surface area contributed by atoms with Crippen LogP contribution in [0.25, 0.3) is 11.3 Å². The van der Waals surface area contributed by atoms with Crippen LogP contribution in [-0.4, -0.2) is 28.5 Å². The molecule has 0 saturated heterocycles. The Bertz CT molecular complexity index is 930. The molecule has 0 saturated carbocycles. The first kappa shape index (κ1) is 10.9. The Morgan fingerprint density at radius 1 is 1.15 bits per heavy atom. The van der Waals surface area contributed by atoms with Gasteiger partial charge in [0.05, 0.1) is 18.4 Å². The molecule has 0 radical (unpaired) electrons. The summed E-state index contributed by atoms with van der Waals surface area (Å²) in [7, 11) is 0. The van der Waals surface area contributed by atoms with E-state index in [-0.39, 0.29) is 5.69 Å². The van der Waals surface area contributed by atoms with E-state index in [1.54, 1.807) is 18.6 Å². The van der Waals surface area contributed by atoms with Gasteiger partial charge in [0.1, 0.15) is 5.65 Å². The van der Waals surface area contributed by atoms with E-state index >= 15 is 0 Å². The molecule has 0 amide bonds. The zero-order valence-electron chi connectivity index (χ0n) is 10.4. The highest BCUT2D eigenvalue weighted by molar-refractivity contribution is 5.39. The van der Waals surface area contributed by atoms with Gasteiger partial charge in [-0.2, -0.15) is 0 Å². The van der Waals surface area contributed by atoms with E-state index in [0.717, 1.165) is 11.3 Å². The summed E-state index contributed by atoms with van der Waals surface area (Å²) in [5, 5.41) is 4.23. The Labute approximate surface area is 112 Å². The molecule has 7 nitrogen and oxygen atoms in total. The normalized spacial score (nSPS) is 11.4. The zero-order valence-corrected chi connectivity index (χ0v) is 10.4. The van der Waals surface area contributed by atoms with E-state index in [9.17, 15) is 4.79 Å². The van der Waals surface area contributed by atoms with E-state index in [1.807, 2.05) is 35.0 Å². The number of rotatable bonds is 2. The summed E-state index contributed by atoms with van der Waals surface area (Å²) in [5.74, 6) is 0. The Kier molecular flexibility index (Phi) is 2.19. The molecule has 0 aliphatic rings. The third-order valence-electron chi connectivity index (χ3n) is 3.11. The summed E-state index contributed by atoms with van der Waals surface area (Å²) >= 11 is 0. The lowest BCUT2D eigenvalue weighted by Crippen LogP contribution is -2.21. The Balaban J connectivity index is 1.80. The van der Waals surface area contributed by atoms with E-state index in [0.29, 0.717) is 12.2 Å². The molecule has 0 N–H and O–H groups in total. The standard InChI is InChI=1S/C13H10N6O/c20-13-18-6-4-14-7-12(18)16-19(13)9-10-8-17-5-2-1-3-11(17)15-10/h1-8H,9H2. The summed E-state index contributed by atoms with van der Waals surface area (Å²) in [6.07, 6.45) is 8.53. The predicted octanol–water partition coefficient (Wildman–Crippen LogP) is 0.587. The van der Waals surface area contributed by atoms with Crippen molar-refractivity contribution in [2.24, 2.45) is 0 Å². The van der Waals surface area contributed by atoms with Gasteiger partial charge in [-0.3, -0.25) is 4.98 Å². The Hall–Kier alpha value is -2.96. The topological polar surface area (TPSA) is 69.5 Å². The van der Waals surface area contributed by atoms with Gasteiger partial charge in [-0.25, -0.2) is 18.9 Å². The van der Waals surface area contributed by atoms with Crippen molar-refractivity contribution >= 4 is 11.3 Å². The molecule has 4 aromatic heterocycles. The van der Waals surface area contributed by atoms with Gasteiger partial charge in [0, 0.05) is 24.8 Å². The monoisotopic (exact) mass is 266 g/mol. The van der Waals surface area contributed by atoms with Gasteiger partial charge >= 0.3 is 5.69 Å². The van der Waals surface area contributed by atoms with Crippen LogP contribution < -0.4 is 5.69 Å². The average Bonchev–Trinajstić information content (AvgIpc) is 3.01. The molecule has 0 bridgehead atoms. The maximum atomic E-state index is 12.1. The van der Waals surface area contributed by atoms with Gasteiger partial charge in [-0.05, 0) is 12.1 Å². The second-order valence-electron chi connectivity index (χ2n) is 4.44. The molecule has 4 heterocycles. The molecule has 4 rings (SSSR count). The smallest absolute Gasteiger partial charge is 0.307 e. The number of fused-ring (bicyclic) bond motifs is 2. The van der Waals surface area contributed by atoms with Crippen LogP contribution in [0.1, 0.15) is 5.69 Å². The molecule has 98 valence electrons. The maximum absolute atomic E-state index is 12.1. The third-order valence-corrected chi connectivity index (χ3v) is 3.11. The van der Waals surface area contributed by atoms with Crippen LogP contribution in [-0.2, 0) is 6.54 Å². The van der Waals surface area contributed by atoms with Crippen molar-refractivity contribution in [2.45, 2.75) is 6.54 Å². The number of hydrogen-bond acceptors (Lipinski definition) is 4. The summed E-state index contributed by atoms with van der Waals surface area (Å²) in [5.41, 5.74) is 1.97. The molecule has 0 aliphatic heterocycles. The van der Waals surface area contributed by atoms with E-state index in [1.165, 1.54) is 9.08 Å². The van der Waals surface area contributed by atoms with E-state index in [2.05, 4.69) is 15.1 Å². The molecular formula is C13H10N6O. The van der Waals surface area contributed by atoms with Crippen molar-refractivity contribution in [2.75, 3.05) is 0 Å². The van der Waals surface area contributed by atoms with E-state index in [4.69, 9.17) is 0 Å². The molecular weight excluding hydrogens is 256 g/mol. The lowest BCUT2D eigenvalue weighted by molar-refractivity contribution is 0.649. The SMILES string of the molecule is O=c1n(Cc2cn3ccccc3n2)nc2cnccn12. The first-order chi connectivity index (χ1) is 9.81. The fourth-order valence-corrected chi connectivity index (χ4v) is 2.20. The third kappa shape index (κ3) is 1.60. The second kappa shape index (κ2) is 4.02.